The lowest BCUT2D eigenvalue weighted by Crippen LogP contribution is -2.20. The Morgan fingerprint density at radius 2 is 1.84 bits per heavy atom. The number of esters is 1. The van der Waals surface area contributed by atoms with Crippen molar-refractivity contribution in [1.29, 1.82) is 0 Å². The molecule has 0 spiro atoms. The number of hydrogen-bond donors (Lipinski definition) is 0. The largest absolute Gasteiger partial charge is 0.462 e. The van der Waals surface area contributed by atoms with E-state index in [1.807, 2.05) is 56.6 Å². The molecule has 0 fully saturated rings. The molecule has 1 atom stereocenters. The molecule has 0 saturated carbocycles. The van der Waals surface area contributed by atoms with Crippen LogP contribution in [0.4, 0.5) is 0 Å². The van der Waals surface area contributed by atoms with Crippen LogP contribution in [0.2, 0.25) is 5.02 Å². The van der Waals surface area contributed by atoms with Crippen LogP contribution in [0.15, 0.2) is 53.6 Å². The first kappa shape index (κ1) is 22.9. The van der Waals surface area contributed by atoms with Gasteiger partial charge in [-0.1, -0.05) is 23.7 Å². The van der Waals surface area contributed by atoms with Crippen molar-refractivity contribution in [2.75, 3.05) is 6.61 Å². The van der Waals surface area contributed by atoms with Gasteiger partial charge in [0.25, 0.3) is 5.56 Å². The number of hydrogen-bond acceptors (Lipinski definition) is 3. The van der Waals surface area contributed by atoms with Gasteiger partial charge in [0.2, 0.25) is 0 Å². The molecule has 31 heavy (non-hydrogen) atoms. The third-order valence-electron chi connectivity index (χ3n) is 5.58. The number of aryl methyl sites for hydroxylation is 2. The lowest BCUT2D eigenvalue weighted by Gasteiger charge is -2.25. The number of ether oxygens (including phenoxy) is 1. The second-order valence-corrected chi connectivity index (χ2v) is 8.51. The maximum Gasteiger partial charge on any atom is 0.339 e. The van der Waals surface area contributed by atoms with Gasteiger partial charge in [-0.25, -0.2) is 4.79 Å². The van der Waals surface area contributed by atoms with E-state index in [9.17, 15) is 9.59 Å². The van der Waals surface area contributed by atoms with Crippen molar-refractivity contribution < 1.29 is 9.53 Å². The predicted molar refractivity (Wildman–Crippen MR) is 124 cm³/mol. The van der Waals surface area contributed by atoms with Crippen LogP contribution in [0.3, 0.4) is 0 Å². The Labute approximate surface area is 188 Å². The maximum atomic E-state index is 12.8. The van der Waals surface area contributed by atoms with Crippen molar-refractivity contribution in [1.82, 2.24) is 9.13 Å². The quantitative estimate of drug-likeness (QED) is 0.469. The lowest BCUT2D eigenvalue weighted by molar-refractivity contribution is 0.0524. The first-order chi connectivity index (χ1) is 14.7. The fourth-order valence-corrected chi connectivity index (χ4v) is 4.07. The van der Waals surface area contributed by atoms with Gasteiger partial charge in [-0.3, -0.25) is 4.79 Å². The maximum absolute atomic E-state index is 12.8. The summed E-state index contributed by atoms with van der Waals surface area (Å²) in [6.45, 7) is 8.26. The molecule has 0 saturated heterocycles. The fourth-order valence-electron chi connectivity index (χ4n) is 3.94. The minimum absolute atomic E-state index is 0.0398. The normalized spacial score (nSPS) is 12.2. The Morgan fingerprint density at radius 1 is 1.16 bits per heavy atom. The molecule has 0 amide bonds. The molecule has 2 aromatic heterocycles. The summed E-state index contributed by atoms with van der Waals surface area (Å²) >= 11 is 6.15. The summed E-state index contributed by atoms with van der Waals surface area (Å²) in [5, 5.41) is 0.658. The molecule has 0 aliphatic heterocycles. The van der Waals surface area contributed by atoms with Gasteiger partial charge in [0, 0.05) is 48.2 Å². The van der Waals surface area contributed by atoms with Gasteiger partial charge in [0.15, 0.2) is 0 Å². The number of halogens is 1. The number of benzene rings is 1. The molecule has 0 aliphatic carbocycles. The average Bonchev–Trinajstić information content (AvgIpc) is 3.16. The van der Waals surface area contributed by atoms with E-state index in [2.05, 4.69) is 18.4 Å². The fraction of sp³-hybridized carbons (Fsp3) is 0.360. The second kappa shape index (κ2) is 9.56. The molecule has 0 N–H and O–H groups in total. The van der Waals surface area contributed by atoms with Crippen LogP contribution in [0, 0.1) is 6.92 Å². The topological polar surface area (TPSA) is 53.2 Å². The van der Waals surface area contributed by atoms with Crippen LogP contribution < -0.4 is 5.56 Å². The highest BCUT2D eigenvalue weighted by atomic mass is 35.5. The van der Waals surface area contributed by atoms with E-state index < -0.39 is 0 Å². The van der Waals surface area contributed by atoms with Gasteiger partial charge in [0.1, 0.15) is 0 Å². The summed E-state index contributed by atoms with van der Waals surface area (Å²) in [7, 11) is 1.75. The Bertz CT molecular complexity index is 1130. The van der Waals surface area contributed by atoms with Crippen LogP contribution in [0.1, 0.15) is 65.5 Å². The van der Waals surface area contributed by atoms with Crippen molar-refractivity contribution in [3.63, 3.8) is 0 Å². The molecule has 0 radical (unpaired) electrons. The highest BCUT2D eigenvalue weighted by molar-refractivity contribution is 6.30. The van der Waals surface area contributed by atoms with Crippen molar-refractivity contribution in [3.8, 4) is 0 Å². The van der Waals surface area contributed by atoms with E-state index in [1.54, 1.807) is 17.7 Å². The molecule has 3 rings (SSSR count). The number of carbonyl (C=O) groups is 1. The molecule has 5 nitrogen and oxygen atoms in total. The van der Waals surface area contributed by atoms with Crippen molar-refractivity contribution in [2.45, 2.75) is 46.1 Å². The summed E-state index contributed by atoms with van der Waals surface area (Å²) in [4.78, 5) is 24.9. The van der Waals surface area contributed by atoms with Crippen molar-refractivity contribution in [3.05, 3.63) is 92.1 Å². The summed E-state index contributed by atoms with van der Waals surface area (Å²) in [5.74, 6) is -0.446. The molecular formula is C25H29ClN2O3. The first-order valence-electron chi connectivity index (χ1n) is 10.5. The summed E-state index contributed by atoms with van der Waals surface area (Å²) in [6, 6.07) is 11.4. The van der Waals surface area contributed by atoms with Crippen molar-refractivity contribution in [2.24, 2.45) is 7.05 Å². The number of rotatable bonds is 7. The predicted octanol–water partition coefficient (Wildman–Crippen LogP) is 5.28. The number of nitrogens with zero attached hydrogens (tertiary/aromatic N) is 2. The molecular weight excluding hydrogens is 412 g/mol. The zero-order chi connectivity index (χ0) is 22.7. The monoisotopic (exact) mass is 440 g/mol. The molecule has 1 aromatic carbocycles. The average molecular weight is 441 g/mol. The van der Waals surface area contributed by atoms with Crippen LogP contribution in [-0.2, 0) is 18.2 Å². The van der Waals surface area contributed by atoms with Crippen LogP contribution in [-0.4, -0.2) is 21.7 Å². The van der Waals surface area contributed by atoms with Gasteiger partial charge in [-0.15, -0.1) is 0 Å². The van der Waals surface area contributed by atoms with E-state index in [1.165, 1.54) is 0 Å². The first-order valence-corrected chi connectivity index (χ1v) is 10.9. The third-order valence-corrected chi connectivity index (χ3v) is 5.83. The third kappa shape index (κ3) is 4.93. The molecule has 2 heterocycles. The molecule has 0 bridgehead atoms. The van der Waals surface area contributed by atoms with Crippen LogP contribution in [0.25, 0.3) is 0 Å². The Balaban J connectivity index is 2.21. The Morgan fingerprint density at radius 3 is 2.45 bits per heavy atom. The number of aromatic nitrogens is 2. The zero-order valence-electron chi connectivity index (χ0n) is 18.7. The van der Waals surface area contributed by atoms with E-state index >= 15 is 0 Å². The molecule has 164 valence electrons. The molecule has 0 aliphatic rings. The SMILES string of the molecule is CCOC(=O)c1ccn(C(C)C)c1C(Cc1cn(C)c(=O)cc1C)c1ccc(Cl)cc1. The Kier molecular flexibility index (Phi) is 7.06. The van der Waals surface area contributed by atoms with Gasteiger partial charge in [-0.05, 0) is 69.0 Å². The molecule has 1 unspecified atom stereocenters. The summed E-state index contributed by atoms with van der Waals surface area (Å²) in [6.07, 6.45) is 4.46. The highest BCUT2D eigenvalue weighted by Crippen LogP contribution is 2.35. The van der Waals surface area contributed by atoms with Gasteiger partial charge >= 0.3 is 5.97 Å². The molecule has 6 heteroatoms. The standard InChI is InChI=1S/C25H29ClN2O3/c1-6-31-25(30)21-11-12-28(16(2)3)24(21)22(18-7-9-20(26)10-8-18)14-19-15-27(5)23(29)13-17(19)4/h7-13,15-16,22H,6,14H2,1-5H3. The molecule has 3 aromatic rings. The van der Waals surface area contributed by atoms with E-state index in [0.29, 0.717) is 23.6 Å². The van der Waals surface area contributed by atoms with E-state index in [-0.39, 0.29) is 23.5 Å². The number of carbonyl (C=O) groups excluding carboxylic acids is 1. The minimum atomic E-state index is -0.326. The van der Waals surface area contributed by atoms with Crippen molar-refractivity contribution >= 4 is 17.6 Å². The van der Waals surface area contributed by atoms with Gasteiger partial charge < -0.3 is 13.9 Å². The minimum Gasteiger partial charge on any atom is -0.462 e. The second-order valence-electron chi connectivity index (χ2n) is 8.08. The Hall–Kier alpha value is -2.79. The van der Waals surface area contributed by atoms with Gasteiger partial charge in [-0.2, -0.15) is 0 Å². The zero-order valence-corrected chi connectivity index (χ0v) is 19.4. The summed E-state index contributed by atoms with van der Waals surface area (Å²) < 4.78 is 9.08. The van der Waals surface area contributed by atoms with E-state index in [4.69, 9.17) is 16.3 Å². The summed E-state index contributed by atoms with van der Waals surface area (Å²) in [5.41, 5.74) is 4.46. The smallest absolute Gasteiger partial charge is 0.339 e. The van der Waals surface area contributed by atoms with E-state index in [0.717, 1.165) is 22.4 Å². The van der Waals surface area contributed by atoms with Gasteiger partial charge in [0.05, 0.1) is 12.2 Å². The van der Waals surface area contributed by atoms with Crippen LogP contribution >= 0.6 is 11.6 Å². The lowest BCUT2D eigenvalue weighted by atomic mass is 9.86. The highest BCUT2D eigenvalue weighted by Gasteiger charge is 2.27. The number of pyridine rings is 1. The van der Waals surface area contributed by atoms with Crippen LogP contribution in [0.5, 0.6) is 0 Å².